The number of sulfonamides is 1. The van der Waals surface area contributed by atoms with E-state index in [0.29, 0.717) is 5.69 Å². The van der Waals surface area contributed by atoms with Crippen molar-refractivity contribution in [3.63, 3.8) is 0 Å². The average Bonchev–Trinajstić information content (AvgIpc) is 2.93. The van der Waals surface area contributed by atoms with Crippen LogP contribution in [0, 0.1) is 6.92 Å². The number of carbonyl (C=O) groups excluding carboxylic acids is 2. The first-order valence-electron chi connectivity index (χ1n) is 6.75. The van der Waals surface area contributed by atoms with Crippen LogP contribution in [0.25, 0.3) is 0 Å². The first-order valence-corrected chi connectivity index (χ1v) is 8.29. The second-order valence-electron chi connectivity index (χ2n) is 4.94. The van der Waals surface area contributed by atoms with Gasteiger partial charge >= 0.3 is 5.97 Å². The molecule has 128 valence electrons. The van der Waals surface area contributed by atoms with Gasteiger partial charge in [0.15, 0.2) is 6.10 Å². The number of nitrogens with zero attached hydrogens (tertiary/aromatic N) is 1. The monoisotopic (exact) mass is 353 g/mol. The largest absolute Gasteiger partial charge is 0.447 e. The Hall–Kier alpha value is -2.72. The molecule has 0 bridgehead atoms. The number of anilines is 1. The summed E-state index contributed by atoms with van der Waals surface area (Å²) in [5, 5.41) is 11.0. The molecule has 1 atom stereocenters. The number of benzene rings is 1. The molecule has 2 rings (SSSR count). The highest BCUT2D eigenvalue weighted by Crippen LogP contribution is 2.15. The highest BCUT2D eigenvalue weighted by Gasteiger charge is 2.22. The summed E-state index contributed by atoms with van der Waals surface area (Å²) in [6, 6.07) is 6.76. The van der Waals surface area contributed by atoms with Crippen molar-refractivity contribution in [3.05, 3.63) is 41.8 Å². The fourth-order valence-corrected chi connectivity index (χ4v) is 2.29. The molecule has 24 heavy (non-hydrogen) atoms. The Kier molecular flexibility index (Phi) is 5.00. The minimum absolute atomic E-state index is 0.122. The first-order chi connectivity index (χ1) is 11.2. The first kappa shape index (κ1) is 17.6. The zero-order valence-corrected chi connectivity index (χ0v) is 13.7. The van der Waals surface area contributed by atoms with Crippen LogP contribution in [0.3, 0.4) is 0 Å². The molecule has 3 N–H and O–H groups in total. The third-order valence-electron chi connectivity index (χ3n) is 2.91. The number of hydrogen-bond acceptors (Lipinski definition) is 7. The Bertz CT molecular complexity index is 874. The molecular weight excluding hydrogens is 338 g/mol. The minimum atomic E-state index is -3.89. The number of hydrogen-bond donors (Lipinski definition) is 2. The molecule has 0 radical (unpaired) electrons. The summed E-state index contributed by atoms with van der Waals surface area (Å²) >= 11 is 0. The number of aryl methyl sites for hydroxylation is 1. The molecule has 1 heterocycles. The van der Waals surface area contributed by atoms with Gasteiger partial charge in [-0.25, -0.2) is 18.4 Å². The second kappa shape index (κ2) is 6.81. The van der Waals surface area contributed by atoms with Crippen LogP contribution in [0.2, 0.25) is 0 Å². The Morgan fingerprint density at radius 3 is 2.62 bits per heavy atom. The van der Waals surface area contributed by atoms with Gasteiger partial charge in [0, 0.05) is 11.8 Å². The lowest BCUT2D eigenvalue weighted by atomic mass is 10.3. The smallest absolute Gasteiger partial charge is 0.377 e. The molecule has 0 aliphatic rings. The number of nitrogens with two attached hydrogens (primary N) is 1. The van der Waals surface area contributed by atoms with Crippen molar-refractivity contribution in [2.75, 3.05) is 5.32 Å². The summed E-state index contributed by atoms with van der Waals surface area (Å²) < 4.78 is 32.3. The van der Waals surface area contributed by atoms with Crippen molar-refractivity contribution >= 4 is 27.6 Å². The van der Waals surface area contributed by atoms with Crippen LogP contribution < -0.4 is 10.5 Å². The van der Waals surface area contributed by atoms with E-state index in [-0.39, 0.29) is 16.3 Å². The molecule has 0 saturated carbocycles. The molecule has 9 nitrogen and oxygen atoms in total. The summed E-state index contributed by atoms with van der Waals surface area (Å²) in [6.45, 7) is 2.99. The Morgan fingerprint density at radius 1 is 1.33 bits per heavy atom. The highest BCUT2D eigenvalue weighted by molar-refractivity contribution is 7.89. The molecule has 0 aliphatic heterocycles. The van der Waals surface area contributed by atoms with Crippen molar-refractivity contribution in [2.24, 2.45) is 5.14 Å². The summed E-state index contributed by atoms with van der Waals surface area (Å²) in [7, 11) is -3.89. The maximum absolute atomic E-state index is 12.0. The van der Waals surface area contributed by atoms with Crippen molar-refractivity contribution in [2.45, 2.75) is 24.8 Å². The van der Waals surface area contributed by atoms with E-state index in [0.717, 1.165) is 0 Å². The van der Waals surface area contributed by atoms with E-state index >= 15 is 0 Å². The van der Waals surface area contributed by atoms with Crippen molar-refractivity contribution in [1.82, 2.24) is 5.16 Å². The van der Waals surface area contributed by atoms with Gasteiger partial charge in [0.05, 0.1) is 10.6 Å². The summed E-state index contributed by atoms with van der Waals surface area (Å²) in [4.78, 5) is 23.7. The van der Waals surface area contributed by atoms with Crippen LogP contribution in [0.5, 0.6) is 0 Å². The highest BCUT2D eigenvalue weighted by atomic mass is 32.2. The third kappa shape index (κ3) is 4.40. The predicted octanol–water partition coefficient (Wildman–Crippen LogP) is 0.814. The number of esters is 1. The molecule has 1 aromatic heterocycles. The molecule has 0 saturated heterocycles. The van der Waals surface area contributed by atoms with Gasteiger partial charge in [-0.3, -0.25) is 4.79 Å². The van der Waals surface area contributed by atoms with E-state index in [1.165, 1.54) is 37.3 Å². The fraction of sp³-hybridized carbons (Fsp3) is 0.214. The molecule has 1 aromatic carbocycles. The van der Waals surface area contributed by atoms with Gasteiger partial charge in [0.2, 0.25) is 15.8 Å². The molecule has 1 unspecified atom stereocenters. The van der Waals surface area contributed by atoms with E-state index < -0.39 is 28.0 Å². The number of aromatic nitrogens is 1. The van der Waals surface area contributed by atoms with Gasteiger partial charge in [0.25, 0.3) is 5.91 Å². The third-order valence-corrected chi connectivity index (χ3v) is 3.82. The fourth-order valence-electron chi connectivity index (χ4n) is 1.73. The molecule has 0 aliphatic carbocycles. The number of nitrogens with one attached hydrogen (secondary N) is 1. The van der Waals surface area contributed by atoms with Crippen LogP contribution in [-0.2, 0) is 19.6 Å². The lowest BCUT2D eigenvalue weighted by Gasteiger charge is -2.13. The number of primary sulfonamides is 1. The normalized spacial score (nSPS) is 12.5. The number of rotatable bonds is 5. The lowest BCUT2D eigenvalue weighted by Crippen LogP contribution is -2.30. The van der Waals surface area contributed by atoms with Crippen LogP contribution in [0.4, 0.5) is 5.69 Å². The van der Waals surface area contributed by atoms with Gasteiger partial charge in [-0.2, -0.15) is 0 Å². The standard InChI is InChI=1S/C14H15N3O6S/c1-8-6-12(23-17-8)14(19)22-9(2)13(18)16-10-4-3-5-11(7-10)24(15,20)21/h3-7,9H,1-2H3,(H,16,18)(H2,15,20,21). The van der Waals surface area contributed by atoms with E-state index in [1.54, 1.807) is 6.92 Å². The summed E-state index contributed by atoms with van der Waals surface area (Å²) in [5.74, 6) is -1.61. The number of ether oxygens (including phenoxy) is 1. The Labute approximate surface area is 137 Å². The molecule has 0 fully saturated rings. The van der Waals surface area contributed by atoms with Gasteiger partial charge in [-0.05, 0) is 32.0 Å². The molecule has 10 heteroatoms. The van der Waals surface area contributed by atoms with Gasteiger partial charge in [-0.15, -0.1) is 0 Å². The second-order valence-corrected chi connectivity index (χ2v) is 6.50. The maximum atomic E-state index is 12.0. The van der Waals surface area contributed by atoms with Gasteiger partial charge in [-0.1, -0.05) is 11.2 Å². The van der Waals surface area contributed by atoms with E-state index in [2.05, 4.69) is 10.5 Å². The molecule has 0 spiro atoms. The number of carbonyl (C=O) groups is 2. The van der Waals surface area contributed by atoms with E-state index in [4.69, 9.17) is 14.4 Å². The number of amides is 1. The Morgan fingerprint density at radius 2 is 2.04 bits per heavy atom. The van der Waals surface area contributed by atoms with Crippen molar-refractivity contribution < 1.29 is 27.3 Å². The van der Waals surface area contributed by atoms with Crippen molar-refractivity contribution in [1.29, 1.82) is 0 Å². The minimum Gasteiger partial charge on any atom is -0.447 e. The van der Waals surface area contributed by atoms with Crippen LogP contribution in [0.15, 0.2) is 39.8 Å². The van der Waals surface area contributed by atoms with Crippen LogP contribution >= 0.6 is 0 Å². The van der Waals surface area contributed by atoms with Gasteiger partial charge < -0.3 is 14.6 Å². The summed E-state index contributed by atoms with van der Waals surface area (Å²) in [5.41, 5.74) is 0.698. The SMILES string of the molecule is Cc1cc(C(=O)OC(C)C(=O)Nc2cccc(S(N)(=O)=O)c2)on1. The molecule has 1 amide bonds. The maximum Gasteiger partial charge on any atom is 0.377 e. The zero-order chi connectivity index (χ0) is 17.9. The topological polar surface area (TPSA) is 142 Å². The van der Waals surface area contributed by atoms with E-state index in [9.17, 15) is 18.0 Å². The zero-order valence-electron chi connectivity index (χ0n) is 12.8. The predicted molar refractivity (Wildman–Crippen MR) is 82.6 cm³/mol. The van der Waals surface area contributed by atoms with Gasteiger partial charge in [0.1, 0.15) is 0 Å². The summed E-state index contributed by atoms with van der Waals surface area (Å²) in [6.07, 6.45) is -1.14. The average molecular weight is 353 g/mol. The lowest BCUT2D eigenvalue weighted by molar-refractivity contribution is -0.123. The van der Waals surface area contributed by atoms with Crippen molar-refractivity contribution in [3.8, 4) is 0 Å². The quantitative estimate of drug-likeness (QED) is 0.758. The molecule has 2 aromatic rings. The van der Waals surface area contributed by atoms with E-state index in [1.807, 2.05) is 0 Å². The Balaban J connectivity index is 2.03. The van der Waals surface area contributed by atoms with Crippen LogP contribution in [-0.4, -0.2) is 31.6 Å². The molecular formula is C14H15N3O6S. The van der Waals surface area contributed by atoms with Crippen LogP contribution in [0.1, 0.15) is 23.2 Å².